The van der Waals surface area contributed by atoms with Gasteiger partial charge in [-0.3, -0.25) is 4.79 Å². The lowest BCUT2D eigenvalue weighted by molar-refractivity contribution is -0.123. The summed E-state index contributed by atoms with van der Waals surface area (Å²) in [5.74, 6) is -1.48. The number of rotatable bonds is 6. The quantitative estimate of drug-likeness (QED) is 0.630. The normalized spacial score (nSPS) is 11.2. The molecule has 2 aromatic carbocycles. The maximum Gasteiger partial charge on any atom is 0.277 e. The Morgan fingerprint density at radius 3 is 2.67 bits per heavy atom. The number of ether oxygens (including phenoxy) is 1. The second-order valence-electron chi connectivity index (χ2n) is 4.85. The van der Waals surface area contributed by atoms with E-state index in [1.165, 1.54) is 24.3 Å². The molecule has 0 aliphatic heterocycles. The van der Waals surface area contributed by atoms with Crippen molar-refractivity contribution in [2.45, 2.75) is 13.3 Å². The minimum atomic E-state index is -0.568. The summed E-state index contributed by atoms with van der Waals surface area (Å²) in [6, 6.07) is 8.86. The molecular weight excluding hydrogens is 318 g/mol. The SMILES string of the molecule is CC/C(=N\NC(=O)COc1cccc(F)c1)c1cc(F)ccc1O. The van der Waals surface area contributed by atoms with Gasteiger partial charge in [-0.1, -0.05) is 13.0 Å². The topological polar surface area (TPSA) is 70.9 Å². The van der Waals surface area contributed by atoms with Crippen LogP contribution < -0.4 is 10.2 Å². The highest BCUT2D eigenvalue weighted by molar-refractivity contribution is 6.03. The van der Waals surface area contributed by atoms with Gasteiger partial charge in [0, 0.05) is 11.6 Å². The standard InChI is InChI=1S/C17H16F2N2O3/c1-2-15(14-9-12(19)6-7-16(14)22)20-21-17(23)10-24-13-5-3-4-11(18)8-13/h3-9,22H,2,10H2,1H3,(H,21,23)/b20-15+. The molecule has 24 heavy (non-hydrogen) atoms. The van der Waals surface area contributed by atoms with Crippen LogP contribution in [0.5, 0.6) is 11.5 Å². The minimum Gasteiger partial charge on any atom is -0.507 e. The molecule has 2 N–H and O–H groups in total. The zero-order valence-corrected chi connectivity index (χ0v) is 12.9. The van der Waals surface area contributed by atoms with Crippen molar-refractivity contribution in [3.8, 4) is 11.5 Å². The fourth-order valence-electron chi connectivity index (χ4n) is 1.94. The van der Waals surface area contributed by atoms with Crippen LogP contribution in [0.4, 0.5) is 8.78 Å². The lowest BCUT2D eigenvalue weighted by Gasteiger charge is -2.08. The van der Waals surface area contributed by atoms with Crippen molar-refractivity contribution in [1.29, 1.82) is 0 Å². The van der Waals surface area contributed by atoms with E-state index in [4.69, 9.17) is 4.74 Å². The Kier molecular flexibility index (Phi) is 5.83. The molecular formula is C17H16F2N2O3. The third kappa shape index (κ3) is 4.77. The lowest BCUT2D eigenvalue weighted by Crippen LogP contribution is -2.26. The molecule has 0 heterocycles. The summed E-state index contributed by atoms with van der Waals surface area (Å²) >= 11 is 0. The number of phenolic OH excluding ortho intramolecular Hbond substituents is 1. The summed E-state index contributed by atoms with van der Waals surface area (Å²) in [6.07, 6.45) is 0.363. The Morgan fingerprint density at radius 2 is 1.96 bits per heavy atom. The van der Waals surface area contributed by atoms with E-state index in [-0.39, 0.29) is 23.7 Å². The molecule has 2 aromatic rings. The molecule has 0 aliphatic carbocycles. The van der Waals surface area contributed by atoms with Crippen LogP contribution in [0.15, 0.2) is 47.6 Å². The summed E-state index contributed by atoms with van der Waals surface area (Å²) in [5.41, 5.74) is 2.77. The van der Waals surface area contributed by atoms with Crippen LogP contribution in [-0.2, 0) is 4.79 Å². The molecule has 0 saturated heterocycles. The predicted octanol–water partition coefficient (Wildman–Crippen LogP) is 2.98. The van der Waals surface area contributed by atoms with Crippen molar-refractivity contribution < 1.29 is 23.4 Å². The average Bonchev–Trinajstić information content (AvgIpc) is 2.56. The number of carbonyl (C=O) groups is 1. The molecule has 126 valence electrons. The van der Waals surface area contributed by atoms with Crippen molar-refractivity contribution in [2.75, 3.05) is 6.61 Å². The Labute approximate surface area is 137 Å². The molecule has 0 fully saturated rings. The van der Waals surface area contributed by atoms with Crippen LogP contribution in [0.1, 0.15) is 18.9 Å². The minimum absolute atomic E-state index is 0.137. The van der Waals surface area contributed by atoms with E-state index in [9.17, 15) is 18.7 Å². The molecule has 5 nitrogen and oxygen atoms in total. The summed E-state index contributed by atoms with van der Waals surface area (Å²) < 4.78 is 31.4. The van der Waals surface area contributed by atoms with Gasteiger partial charge in [0.05, 0.1) is 5.71 Å². The Bertz CT molecular complexity index is 763. The molecule has 0 unspecified atom stereocenters. The summed E-state index contributed by atoms with van der Waals surface area (Å²) in [6.45, 7) is 1.39. The first-order valence-corrected chi connectivity index (χ1v) is 7.22. The maximum absolute atomic E-state index is 13.3. The zero-order valence-electron chi connectivity index (χ0n) is 12.9. The van der Waals surface area contributed by atoms with Crippen molar-refractivity contribution >= 4 is 11.6 Å². The Balaban J connectivity index is 1.99. The number of nitrogens with one attached hydrogen (secondary N) is 1. The zero-order chi connectivity index (χ0) is 17.5. The largest absolute Gasteiger partial charge is 0.507 e. The first kappa shape index (κ1) is 17.4. The number of amides is 1. The third-order valence-corrected chi connectivity index (χ3v) is 3.09. The van der Waals surface area contributed by atoms with E-state index in [1.54, 1.807) is 6.92 Å². The number of benzene rings is 2. The van der Waals surface area contributed by atoms with Gasteiger partial charge in [0.15, 0.2) is 6.61 Å². The number of carbonyl (C=O) groups excluding carboxylic acids is 1. The smallest absolute Gasteiger partial charge is 0.277 e. The Hall–Kier alpha value is -2.96. The van der Waals surface area contributed by atoms with Crippen LogP contribution in [-0.4, -0.2) is 23.3 Å². The number of hydrazone groups is 1. The van der Waals surface area contributed by atoms with Gasteiger partial charge < -0.3 is 9.84 Å². The first-order chi connectivity index (χ1) is 11.5. The molecule has 0 bridgehead atoms. The fraction of sp³-hybridized carbons (Fsp3) is 0.176. The monoisotopic (exact) mass is 334 g/mol. The number of nitrogens with zero attached hydrogens (tertiary/aromatic N) is 1. The van der Waals surface area contributed by atoms with Crippen LogP contribution in [0.25, 0.3) is 0 Å². The number of aromatic hydroxyl groups is 1. The molecule has 7 heteroatoms. The third-order valence-electron chi connectivity index (χ3n) is 3.09. The summed E-state index contributed by atoms with van der Waals surface area (Å²) in [5, 5.41) is 13.6. The van der Waals surface area contributed by atoms with E-state index in [0.717, 1.165) is 18.2 Å². The highest BCUT2D eigenvalue weighted by Crippen LogP contribution is 2.20. The van der Waals surface area contributed by atoms with Gasteiger partial charge in [0.1, 0.15) is 23.1 Å². The van der Waals surface area contributed by atoms with E-state index in [1.807, 2.05) is 0 Å². The van der Waals surface area contributed by atoms with Gasteiger partial charge in [-0.15, -0.1) is 0 Å². The number of halogens is 2. The van der Waals surface area contributed by atoms with E-state index >= 15 is 0 Å². The van der Waals surface area contributed by atoms with Crippen molar-refractivity contribution in [3.05, 3.63) is 59.7 Å². The molecule has 0 aromatic heterocycles. The van der Waals surface area contributed by atoms with Gasteiger partial charge in [0.2, 0.25) is 0 Å². The second-order valence-corrected chi connectivity index (χ2v) is 4.85. The number of hydrogen-bond acceptors (Lipinski definition) is 4. The van der Waals surface area contributed by atoms with E-state index in [0.29, 0.717) is 12.1 Å². The van der Waals surface area contributed by atoms with E-state index < -0.39 is 17.5 Å². The average molecular weight is 334 g/mol. The lowest BCUT2D eigenvalue weighted by atomic mass is 10.1. The second kappa shape index (κ2) is 8.05. The molecule has 0 aliphatic rings. The van der Waals surface area contributed by atoms with Crippen LogP contribution in [0, 0.1) is 11.6 Å². The van der Waals surface area contributed by atoms with Crippen LogP contribution in [0.3, 0.4) is 0 Å². The molecule has 2 rings (SSSR count). The molecule has 0 atom stereocenters. The van der Waals surface area contributed by atoms with Gasteiger partial charge in [-0.25, -0.2) is 14.2 Å². The number of phenols is 1. The Morgan fingerprint density at radius 1 is 1.21 bits per heavy atom. The van der Waals surface area contributed by atoms with Gasteiger partial charge in [-0.05, 0) is 36.8 Å². The van der Waals surface area contributed by atoms with Crippen LogP contribution >= 0.6 is 0 Å². The molecule has 0 spiro atoms. The molecule has 0 saturated carbocycles. The van der Waals surface area contributed by atoms with Gasteiger partial charge >= 0.3 is 0 Å². The molecule has 0 radical (unpaired) electrons. The fourth-order valence-corrected chi connectivity index (χ4v) is 1.94. The predicted molar refractivity (Wildman–Crippen MR) is 84.9 cm³/mol. The van der Waals surface area contributed by atoms with Crippen molar-refractivity contribution in [3.63, 3.8) is 0 Å². The van der Waals surface area contributed by atoms with Crippen LogP contribution in [0.2, 0.25) is 0 Å². The summed E-state index contributed by atoms with van der Waals surface area (Å²) in [7, 11) is 0. The maximum atomic E-state index is 13.3. The van der Waals surface area contributed by atoms with E-state index in [2.05, 4.69) is 10.5 Å². The van der Waals surface area contributed by atoms with Gasteiger partial charge in [-0.2, -0.15) is 5.10 Å². The van der Waals surface area contributed by atoms with Crippen molar-refractivity contribution in [2.24, 2.45) is 5.10 Å². The highest BCUT2D eigenvalue weighted by atomic mass is 19.1. The summed E-state index contributed by atoms with van der Waals surface area (Å²) in [4.78, 5) is 11.7. The highest BCUT2D eigenvalue weighted by Gasteiger charge is 2.10. The first-order valence-electron chi connectivity index (χ1n) is 7.22. The molecule has 1 amide bonds. The van der Waals surface area contributed by atoms with Gasteiger partial charge in [0.25, 0.3) is 5.91 Å². The number of hydrogen-bond donors (Lipinski definition) is 2. The van der Waals surface area contributed by atoms with Crippen molar-refractivity contribution in [1.82, 2.24) is 5.43 Å².